The van der Waals surface area contributed by atoms with Crippen molar-refractivity contribution in [2.75, 3.05) is 25.3 Å². The van der Waals surface area contributed by atoms with Crippen molar-refractivity contribution in [1.29, 1.82) is 0 Å². The molecule has 2 aromatic carbocycles. The zero-order chi connectivity index (χ0) is 21.5. The monoisotopic (exact) mass is 409 g/mol. The molecule has 0 amide bonds. The molecule has 0 radical (unpaired) electrons. The van der Waals surface area contributed by atoms with E-state index in [1.807, 2.05) is 31.2 Å². The normalized spacial score (nSPS) is 10.4. The van der Waals surface area contributed by atoms with Crippen LogP contribution in [0.25, 0.3) is 0 Å². The Morgan fingerprint density at radius 2 is 1.73 bits per heavy atom. The molecule has 3 rings (SSSR count). The summed E-state index contributed by atoms with van der Waals surface area (Å²) in [4.78, 5) is 24.6. The molecule has 0 unspecified atom stereocenters. The maximum Gasteiger partial charge on any atom is 0.310 e. The van der Waals surface area contributed by atoms with E-state index in [1.54, 1.807) is 25.3 Å². The van der Waals surface area contributed by atoms with Crippen LogP contribution < -0.4 is 20.5 Å². The number of carbonyl (C=O) groups is 1. The highest BCUT2D eigenvalue weighted by Gasteiger charge is 2.12. The number of aryl methyl sites for hydroxylation is 1. The molecule has 0 saturated carbocycles. The molecule has 0 aliphatic rings. The highest BCUT2D eigenvalue weighted by atomic mass is 16.5. The molecule has 0 spiro atoms. The number of nitrogen functional groups attached to an aromatic ring is 1. The summed E-state index contributed by atoms with van der Waals surface area (Å²) in [7, 11) is 3.08. The van der Waals surface area contributed by atoms with Crippen molar-refractivity contribution < 1.29 is 19.0 Å². The number of ether oxygens (including phenoxy) is 3. The van der Waals surface area contributed by atoms with Crippen LogP contribution in [-0.4, -0.2) is 35.1 Å². The van der Waals surface area contributed by atoms with Gasteiger partial charge >= 0.3 is 5.97 Å². The Morgan fingerprint density at radius 3 is 2.43 bits per heavy atom. The van der Waals surface area contributed by atoms with E-state index in [0.29, 0.717) is 11.5 Å². The van der Waals surface area contributed by atoms with E-state index in [2.05, 4.69) is 20.3 Å². The van der Waals surface area contributed by atoms with E-state index in [1.165, 1.54) is 7.11 Å². The maximum atomic E-state index is 12.2. The van der Waals surface area contributed by atoms with Crippen molar-refractivity contribution in [3.63, 3.8) is 0 Å². The van der Waals surface area contributed by atoms with Gasteiger partial charge in [0.15, 0.2) is 23.9 Å². The number of hydrogen-bond donors (Lipinski definition) is 2. The molecule has 0 aliphatic carbocycles. The van der Waals surface area contributed by atoms with Crippen LogP contribution in [0.4, 0.5) is 17.6 Å². The van der Waals surface area contributed by atoms with Gasteiger partial charge in [0.2, 0.25) is 11.9 Å². The average molecular weight is 409 g/mol. The summed E-state index contributed by atoms with van der Waals surface area (Å²) in [5, 5.41) is 3.05. The molecule has 30 heavy (non-hydrogen) atoms. The van der Waals surface area contributed by atoms with Gasteiger partial charge in [-0.3, -0.25) is 4.79 Å². The smallest absolute Gasteiger partial charge is 0.310 e. The van der Waals surface area contributed by atoms with Crippen LogP contribution in [0.3, 0.4) is 0 Å². The van der Waals surface area contributed by atoms with E-state index in [0.717, 1.165) is 16.8 Å². The Bertz CT molecular complexity index is 1020. The number of nitrogens with zero attached hydrogens (tertiary/aromatic N) is 3. The van der Waals surface area contributed by atoms with Crippen LogP contribution in [0.2, 0.25) is 0 Å². The number of anilines is 3. The number of benzene rings is 2. The van der Waals surface area contributed by atoms with Gasteiger partial charge in [-0.2, -0.15) is 15.0 Å². The molecule has 0 saturated heterocycles. The Hall–Kier alpha value is -3.88. The summed E-state index contributed by atoms with van der Waals surface area (Å²) in [6.07, 6.45) is 0.0649. The lowest BCUT2D eigenvalue weighted by Gasteiger charge is -2.10. The number of rotatable bonds is 8. The van der Waals surface area contributed by atoms with E-state index in [-0.39, 0.29) is 30.7 Å². The summed E-state index contributed by atoms with van der Waals surface area (Å²) < 4.78 is 15.7. The Morgan fingerprint density at radius 1 is 1.00 bits per heavy atom. The molecular weight excluding hydrogens is 386 g/mol. The van der Waals surface area contributed by atoms with Crippen molar-refractivity contribution in [3.8, 4) is 11.5 Å². The van der Waals surface area contributed by atoms with E-state index >= 15 is 0 Å². The third-order valence-electron chi connectivity index (χ3n) is 4.17. The Balaban J connectivity index is 1.61. The number of carbonyl (C=O) groups excluding carboxylic acids is 1. The summed E-state index contributed by atoms with van der Waals surface area (Å²) in [6.45, 7) is 1.88. The first-order valence-electron chi connectivity index (χ1n) is 9.17. The lowest BCUT2D eigenvalue weighted by Crippen LogP contribution is -2.12. The van der Waals surface area contributed by atoms with Crippen LogP contribution in [0.15, 0.2) is 42.5 Å². The van der Waals surface area contributed by atoms with Crippen LogP contribution in [-0.2, 0) is 22.6 Å². The lowest BCUT2D eigenvalue weighted by molar-refractivity contribution is -0.144. The van der Waals surface area contributed by atoms with Gasteiger partial charge in [-0.25, -0.2) is 0 Å². The Labute approximate surface area is 174 Å². The van der Waals surface area contributed by atoms with Crippen molar-refractivity contribution in [2.45, 2.75) is 20.0 Å². The average Bonchev–Trinajstić information content (AvgIpc) is 2.73. The van der Waals surface area contributed by atoms with Gasteiger partial charge < -0.3 is 25.3 Å². The zero-order valence-electron chi connectivity index (χ0n) is 17.0. The van der Waals surface area contributed by atoms with Gasteiger partial charge in [-0.1, -0.05) is 23.8 Å². The molecule has 0 fully saturated rings. The molecule has 9 nitrogen and oxygen atoms in total. The third-order valence-corrected chi connectivity index (χ3v) is 4.17. The number of aromatic nitrogens is 3. The van der Waals surface area contributed by atoms with Crippen molar-refractivity contribution >= 4 is 23.6 Å². The minimum atomic E-state index is -0.436. The summed E-state index contributed by atoms with van der Waals surface area (Å²) >= 11 is 0. The van der Waals surface area contributed by atoms with Gasteiger partial charge in [-0.05, 0) is 36.8 Å². The molecule has 9 heteroatoms. The minimum absolute atomic E-state index is 0.0329. The number of methoxy groups -OCH3 is 2. The second-order valence-corrected chi connectivity index (χ2v) is 6.45. The first kappa shape index (κ1) is 20.8. The number of nitrogens with one attached hydrogen (secondary N) is 1. The minimum Gasteiger partial charge on any atom is -0.493 e. The fourth-order valence-electron chi connectivity index (χ4n) is 2.68. The third kappa shape index (κ3) is 5.57. The molecule has 0 atom stereocenters. The topological polar surface area (TPSA) is 121 Å². The van der Waals surface area contributed by atoms with Gasteiger partial charge in [0, 0.05) is 5.69 Å². The van der Waals surface area contributed by atoms with E-state index in [9.17, 15) is 4.79 Å². The molecule has 156 valence electrons. The highest BCUT2D eigenvalue weighted by Crippen LogP contribution is 2.27. The molecular formula is C21H23N5O4. The van der Waals surface area contributed by atoms with Crippen LogP contribution in [0.1, 0.15) is 17.0 Å². The second-order valence-electron chi connectivity index (χ2n) is 6.45. The maximum absolute atomic E-state index is 12.2. The van der Waals surface area contributed by atoms with Gasteiger partial charge in [0.05, 0.1) is 20.6 Å². The fourth-order valence-corrected chi connectivity index (χ4v) is 2.68. The first-order valence-corrected chi connectivity index (χ1v) is 9.17. The van der Waals surface area contributed by atoms with Crippen LogP contribution >= 0.6 is 0 Å². The summed E-state index contributed by atoms with van der Waals surface area (Å²) in [6, 6.07) is 13.0. The lowest BCUT2D eigenvalue weighted by atomic mass is 10.1. The molecule has 0 bridgehead atoms. The highest BCUT2D eigenvalue weighted by molar-refractivity contribution is 5.73. The Kier molecular flexibility index (Phi) is 6.63. The molecule has 0 aliphatic heterocycles. The quantitative estimate of drug-likeness (QED) is 0.541. The second kappa shape index (κ2) is 9.55. The predicted octanol–water partition coefficient (Wildman–Crippen LogP) is 2.81. The number of nitrogens with two attached hydrogens (primary N) is 1. The van der Waals surface area contributed by atoms with Crippen LogP contribution in [0.5, 0.6) is 11.5 Å². The first-order chi connectivity index (χ1) is 14.5. The van der Waals surface area contributed by atoms with Crippen LogP contribution in [0, 0.1) is 6.92 Å². The van der Waals surface area contributed by atoms with E-state index < -0.39 is 5.97 Å². The molecule has 1 heterocycles. The summed E-state index contributed by atoms with van der Waals surface area (Å²) in [5.41, 5.74) is 8.43. The van der Waals surface area contributed by atoms with Gasteiger partial charge in [-0.15, -0.1) is 0 Å². The summed E-state index contributed by atoms with van der Waals surface area (Å²) in [5.74, 6) is 1.25. The fraction of sp³-hybridized carbons (Fsp3) is 0.238. The van der Waals surface area contributed by atoms with E-state index in [4.69, 9.17) is 19.9 Å². The standard InChI is InChI=1S/C21H23N5O4/c1-13-4-7-15(8-5-13)23-21-25-18(24-20(22)26-21)12-30-19(27)11-14-6-9-16(28-2)17(10-14)29-3/h4-10H,11-12H2,1-3H3,(H3,22,23,24,25,26). The number of hydrogen-bond acceptors (Lipinski definition) is 9. The molecule has 1 aromatic heterocycles. The van der Waals surface area contributed by atoms with Crippen molar-refractivity contribution in [1.82, 2.24) is 15.0 Å². The molecule has 3 aromatic rings. The molecule has 3 N–H and O–H groups in total. The zero-order valence-corrected chi connectivity index (χ0v) is 17.0. The van der Waals surface area contributed by atoms with Crippen molar-refractivity contribution in [2.24, 2.45) is 0 Å². The van der Waals surface area contributed by atoms with Gasteiger partial charge in [0.25, 0.3) is 0 Å². The largest absolute Gasteiger partial charge is 0.493 e. The SMILES string of the molecule is COc1ccc(CC(=O)OCc2nc(N)nc(Nc3ccc(C)cc3)n2)cc1OC. The van der Waals surface area contributed by atoms with Crippen molar-refractivity contribution in [3.05, 3.63) is 59.4 Å². The number of esters is 1. The predicted molar refractivity (Wildman–Crippen MR) is 112 cm³/mol. The van der Waals surface area contributed by atoms with Gasteiger partial charge in [0.1, 0.15) is 0 Å².